The first-order chi connectivity index (χ1) is 4.63. The Hall–Kier alpha value is 0.310. The van der Waals surface area contributed by atoms with Crippen LogP contribution in [-0.2, 0) is 4.52 Å². The summed E-state index contributed by atoms with van der Waals surface area (Å²) < 4.78 is 5.22. The maximum atomic E-state index is 5.60. The van der Waals surface area contributed by atoms with Gasteiger partial charge >= 0.3 is 0 Å². The predicted molar refractivity (Wildman–Crippen MR) is 46.1 cm³/mol. The number of nitrogens with zero attached hydrogens (tertiary/aromatic N) is 1. The van der Waals surface area contributed by atoms with Crippen molar-refractivity contribution in [2.24, 2.45) is 5.84 Å². The highest BCUT2D eigenvalue weighted by Gasteiger charge is 2.28. The molecule has 0 saturated heterocycles. The van der Waals surface area contributed by atoms with Crippen LogP contribution in [-0.4, -0.2) is 17.8 Å². The molecular weight excluding hydrogens is 147 g/mol. The van der Waals surface area contributed by atoms with Gasteiger partial charge in [-0.2, -0.15) is 0 Å². The van der Waals surface area contributed by atoms with Crippen molar-refractivity contribution in [3.63, 3.8) is 0 Å². The largest absolute Gasteiger partial charge is 0.343 e. The van der Waals surface area contributed by atoms with Gasteiger partial charge < -0.3 is 4.52 Å². The highest BCUT2D eigenvalue weighted by atomic mass is 31.0. The topological polar surface area (TPSA) is 38.5 Å². The van der Waals surface area contributed by atoms with E-state index in [0.29, 0.717) is 0 Å². The molecule has 0 spiro atoms. The fourth-order valence-corrected chi connectivity index (χ4v) is 1.50. The van der Waals surface area contributed by atoms with Crippen LogP contribution in [0.4, 0.5) is 0 Å². The van der Waals surface area contributed by atoms with Gasteiger partial charge in [-0.1, -0.05) is 13.8 Å². The first-order valence-corrected chi connectivity index (χ1v) is 3.96. The Morgan fingerprint density at radius 1 is 1.50 bits per heavy atom. The first kappa shape index (κ1) is 10.3. The summed E-state index contributed by atoms with van der Waals surface area (Å²) in [6.45, 7) is 4.11. The van der Waals surface area contributed by atoms with Gasteiger partial charge in [0.25, 0.3) is 0 Å². The third kappa shape index (κ3) is 1.89. The number of hydrazine groups is 1. The lowest BCUT2D eigenvalue weighted by molar-refractivity contribution is -0.0662. The van der Waals surface area contributed by atoms with Gasteiger partial charge in [-0.15, -0.1) is 0 Å². The van der Waals surface area contributed by atoms with E-state index in [4.69, 9.17) is 10.4 Å². The molecule has 62 valence electrons. The second-order valence-electron chi connectivity index (χ2n) is 2.38. The highest BCUT2D eigenvalue weighted by molar-refractivity contribution is 7.09. The van der Waals surface area contributed by atoms with Crippen LogP contribution in [0, 0.1) is 0 Å². The second kappa shape index (κ2) is 4.24. The third-order valence-electron chi connectivity index (χ3n) is 1.97. The van der Waals surface area contributed by atoms with E-state index >= 15 is 0 Å². The zero-order chi connectivity index (χ0) is 8.20. The lowest BCUT2D eigenvalue weighted by Crippen LogP contribution is -2.50. The Morgan fingerprint density at radius 3 is 1.90 bits per heavy atom. The maximum absolute atomic E-state index is 5.60. The van der Waals surface area contributed by atoms with Crippen molar-refractivity contribution in [1.82, 2.24) is 5.01 Å². The molecule has 2 N–H and O–H groups in total. The molecular formula is C6H17N2OP. The summed E-state index contributed by atoms with van der Waals surface area (Å²) in [7, 11) is 4.08. The first-order valence-electron chi connectivity index (χ1n) is 3.49. The van der Waals surface area contributed by atoms with Gasteiger partial charge in [0.15, 0.2) is 0 Å². The molecule has 4 heteroatoms. The smallest absolute Gasteiger partial charge is 0.136 e. The highest BCUT2D eigenvalue weighted by Crippen LogP contribution is 2.23. The van der Waals surface area contributed by atoms with Gasteiger partial charge in [0.05, 0.1) is 0 Å². The van der Waals surface area contributed by atoms with E-state index in [-0.39, 0.29) is 5.72 Å². The average Bonchev–Trinajstić information content (AvgIpc) is 1.92. The number of nitrogens with two attached hydrogens (primary N) is 1. The zero-order valence-corrected chi connectivity index (χ0v) is 8.08. The zero-order valence-electron chi connectivity index (χ0n) is 6.92. The summed E-state index contributed by atoms with van der Waals surface area (Å²) in [6.07, 6.45) is 1.78. The second-order valence-corrected chi connectivity index (χ2v) is 2.62. The van der Waals surface area contributed by atoms with Crippen LogP contribution in [0.15, 0.2) is 0 Å². The molecule has 1 unspecified atom stereocenters. The predicted octanol–water partition coefficient (Wildman–Crippen LogP) is 1.11. The van der Waals surface area contributed by atoms with Crippen LogP contribution in [0.2, 0.25) is 0 Å². The van der Waals surface area contributed by atoms with Gasteiger partial charge in [-0.3, -0.25) is 5.84 Å². The minimum atomic E-state index is -0.301. The molecule has 3 nitrogen and oxygen atoms in total. The fraction of sp³-hybridized carbons (Fsp3) is 1.00. The standard InChI is InChI=1S/C6H17N2OP/c1-4-6(5-2,9-10)8(3)7/h4-5,7,10H2,1-3H3. The quantitative estimate of drug-likeness (QED) is 0.293. The molecule has 0 aromatic rings. The van der Waals surface area contributed by atoms with Crippen LogP contribution in [0.5, 0.6) is 0 Å². The monoisotopic (exact) mass is 164 g/mol. The fourth-order valence-electron chi connectivity index (χ4n) is 0.999. The summed E-state index contributed by atoms with van der Waals surface area (Å²) in [5.41, 5.74) is -0.301. The van der Waals surface area contributed by atoms with Gasteiger partial charge in [0.1, 0.15) is 5.72 Å². The Kier molecular flexibility index (Phi) is 4.37. The molecule has 0 rings (SSSR count). The SMILES string of the molecule is CCC(CC)(OP)N(C)N. The van der Waals surface area contributed by atoms with Crippen LogP contribution in [0.1, 0.15) is 26.7 Å². The molecule has 0 fully saturated rings. The van der Waals surface area contributed by atoms with E-state index in [1.54, 1.807) is 5.01 Å². The molecule has 0 radical (unpaired) electrons. The van der Waals surface area contributed by atoms with E-state index in [1.807, 2.05) is 7.05 Å². The van der Waals surface area contributed by atoms with Crippen molar-refractivity contribution in [1.29, 1.82) is 0 Å². The molecule has 0 aliphatic carbocycles. The van der Waals surface area contributed by atoms with Gasteiger partial charge in [-0.25, -0.2) is 5.01 Å². The molecule has 1 atom stereocenters. The summed E-state index contributed by atoms with van der Waals surface area (Å²) >= 11 is 0. The Morgan fingerprint density at radius 2 is 1.90 bits per heavy atom. The van der Waals surface area contributed by atoms with E-state index < -0.39 is 0 Å². The Balaban J connectivity index is 4.15. The van der Waals surface area contributed by atoms with Crippen LogP contribution in [0.25, 0.3) is 0 Å². The van der Waals surface area contributed by atoms with Crippen molar-refractivity contribution in [3.05, 3.63) is 0 Å². The molecule has 10 heavy (non-hydrogen) atoms. The summed E-state index contributed by atoms with van der Waals surface area (Å²) in [5, 5.41) is 1.61. The average molecular weight is 164 g/mol. The van der Waals surface area contributed by atoms with Crippen molar-refractivity contribution in [2.75, 3.05) is 7.05 Å². The van der Waals surface area contributed by atoms with Crippen LogP contribution >= 0.6 is 9.47 Å². The van der Waals surface area contributed by atoms with Crippen molar-refractivity contribution in [2.45, 2.75) is 32.4 Å². The number of hydrogen-bond donors (Lipinski definition) is 1. The van der Waals surface area contributed by atoms with E-state index in [1.165, 1.54) is 0 Å². The molecule has 0 amide bonds. The molecule has 0 bridgehead atoms. The minimum Gasteiger partial charge on any atom is -0.343 e. The van der Waals surface area contributed by atoms with Gasteiger partial charge in [-0.05, 0) is 12.8 Å². The number of rotatable bonds is 4. The molecule has 0 saturated carbocycles. The molecule has 0 heterocycles. The molecule has 0 aromatic heterocycles. The molecule has 0 aliphatic heterocycles. The maximum Gasteiger partial charge on any atom is 0.136 e. The van der Waals surface area contributed by atoms with Crippen LogP contribution < -0.4 is 5.84 Å². The lowest BCUT2D eigenvalue weighted by Gasteiger charge is -2.35. The summed E-state index contributed by atoms with van der Waals surface area (Å²) in [5.74, 6) is 5.60. The summed E-state index contributed by atoms with van der Waals surface area (Å²) in [6, 6.07) is 0. The van der Waals surface area contributed by atoms with E-state index in [2.05, 4.69) is 23.3 Å². The van der Waals surface area contributed by atoms with Crippen molar-refractivity contribution >= 4 is 9.47 Å². The van der Waals surface area contributed by atoms with Crippen LogP contribution in [0.3, 0.4) is 0 Å². The van der Waals surface area contributed by atoms with Gasteiger partial charge in [0, 0.05) is 16.5 Å². The Bertz CT molecular complexity index is 85.5. The normalized spacial score (nSPS) is 12.6. The minimum absolute atomic E-state index is 0.301. The van der Waals surface area contributed by atoms with E-state index in [0.717, 1.165) is 12.8 Å². The van der Waals surface area contributed by atoms with E-state index in [9.17, 15) is 0 Å². The molecule has 0 aromatic carbocycles. The lowest BCUT2D eigenvalue weighted by atomic mass is 10.1. The van der Waals surface area contributed by atoms with Crippen molar-refractivity contribution < 1.29 is 4.52 Å². The Labute approximate surface area is 65.2 Å². The third-order valence-corrected chi connectivity index (χ3v) is 2.41. The van der Waals surface area contributed by atoms with Crippen molar-refractivity contribution in [3.8, 4) is 0 Å². The van der Waals surface area contributed by atoms with Gasteiger partial charge in [0.2, 0.25) is 0 Å². The number of hydrogen-bond acceptors (Lipinski definition) is 3. The molecule has 0 aliphatic rings. The summed E-state index contributed by atoms with van der Waals surface area (Å²) in [4.78, 5) is 0.